The Morgan fingerprint density at radius 2 is 1.68 bits per heavy atom. The second kappa shape index (κ2) is 7.34. The van der Waals surface area contributed by atoms with E-state index in [9.17, 15) is 10.1 Å². The molecule has 0 unspecified atom stereocenters. The first-order valence-corrected chi connectivity index (χ1v) is 8.92. The Labute approximate surface area is 162 Å². The van der Waals surface area contributed by atoms with Crippen molar-refractivity contribution in [1.29, 1.82) is 5.26 Å². The molecule has 0 fully saturated rings. The standard InChI is InChI=1S/C24H17N3O/c1-17-6-8-18(9-7-17)16-26-27-23(13-12-22(15-25)24(27)28)21-11-10-19-4-2-3-5-20(19)14-21/h2-14,16H,1H3/b26-16+. The van der Waals surface area contributed by atoms with Crippen LogP contribution in [0.3, 0.4) is 0 Å². The highest BCUT2D eigenvalue weighted by molar-refractivity contribution is 5.87. The zero-order valence-corrected chi connectivity index (χ0v) is 15.3. The maximum absolute atomic E-state index is 12.8. The van der Waals surface area contributed by atoms with Crippen LogP contribution in [0.4, 0.5) is 0 Å². The van der Waals surface area contributed by atoms with Crippen molar-refractivity contribution in [3.05, 3.63) is 106 Å². The fourth-order valence-electron chi connectivity index (χ4n) is 3.07. The monoisotopic (exact) mass is 363 g/mol. The highest BCUT2D eigenvalue weighted by Crippen LogP contribution is 2.24. The predicted octanol–water partition coefficient (Wildman–Crippen LogP) is 4.73. The van der Waals surface area contributed by atoms with Gasteiger partial charge in [-0.3, -0.25) is 4.79 Å². The van der Waals surface area contributed by atoms with Crippen LogP contribution in [0.2, 0.25) is 0 Å². The van der Waals surface area contributed by atoms with Crippen LogP contribution in [0.25, 0.3) is 22.0 Å². The Bertz CT molecular complexity index is 1290. The molecule has 0 aliphatic heterocycles. The van der Waals surface area contributed by atoms with Crippen LogP contribution in [0, 0.1) is 18.3 Å². The molecule has 1 aromatic heterocycles. The normalized spacial score (nSPS) is 11.0. The lowest BCUT2D eigenvalue weighted by molar-refractivity contribution is 0.838. The number of rotatable bonds is 3. The lowest BCUT2D eigenvalue weighted by Gasteiger charge is -2.10. The lowest BCUT2D eigenvalue weighted by atomic mass is 10.0. The fraction of sp³-hybridized carbons (Fsp3) is 0.0417. The molecule has 28 heavy (non-hydrogen) atoms. The van der Waals surface area contributed by atoms with Crippen LogP contribution in [0.1, 0.15) is 16.7 Å². The van der Waals surface area contributed by atoms with E-state index in [1.165, 1.54) is 4.68 Å². The molecular formula is C24H17N3O. The molecule has 0 spiro atoms. The molecule has 3 aromatic carbocycles. The van der Waals surface area contributed by atoms with Gasteiger partial charge in [-0.25, -0.2) is 0 Å². The first-order chi connectivity index (χ1) is 13.7. The fourth-order valence-corrected chi connectivity index (χ4v) is 3.07. The highest BCUT2D eigenvalue weighted by Gasteiger charge is 2.10. The third kappa shape index (κ3) is 3.34. The predicted molar refractivity (Wildman–Crippen MR) is 113 cm³/mol. The molecule has 4 nitrogen and oxygen atoms in total. The Kier molecular flexibility index (Phi) is 4.57. The second-order valence-corrected chi connectivity index (χ2v) is 6.58. The van der Waals surface area contributed by atoms with Crippen LogP contribution in [0.5, 0.6) is 0 Å². The number of hydrogen-bond donors (Lipinski definition) is 0. The van der Waals surface area contributed by atoms with Gasteiger partial charge in [-0.1, -0.05) is 66.2 Å². The number of hydrogen-bond acceptors (Lipinski definition) is 3. The second-order valence-electron chi connectivity index (χ2n) is 6.58. The Hall–Kier alpha value is -3.97. The van der Waals surface area contributed by atoms with Crippen LogP contribution in [-0.2, 0) is 0 Å². The third-order valence-electron chi connectivity index (χ3n) is 4.62. The van der Waals surface area contributed by atoms with Gasteiger partial charge in [0.1, 0.15) is 11.6 Å². The van der Waals surface area contributed by atoms with Gasteiger partial charge in [-0.15, -0.1) is 0 Å². The molecule has 0 aliphatic carbocycles. The summed E-state index contributed by atoms with van der Waals surface area (Å²) in [5.74, 6) is 0. The van der Waals surface area contributed by atoms with Gasteiger partial charge in [0.05, 0.1) is 11.9 Å². The van der Waals surface area contributed by atoms with Gasteiger partial charge in [0.15, 0.2) is 0 Å². The van der Waals surface area contributed by atoms with Gasteiger partial charge in [0.25, 0.3) is 5.56 Å². The molecule has 0 amide bonds. The van der Waals surface area contributed by atoms with Crippen LogP contribution >= 0.6 is 0 Å². The number of benzene rings is 3. The van der Waals surface area contributed by atoms with Crippen molar-refractivity contribution in [2.45, 2.75) is 6.92 Å². The molecule has 0 N–H and O–H groups in total. The summed E-state index contributed by atoms with van der Waals surface area (Å²) in [6, 6.07) is 27.1. The SMILES string of the molecule is Cc1ccc(/C=N/n2c(-c3ccc4ccccc4c3)ccc(C#N)c2=O)cc1. The molecule has 4 heteroatoms. The van der Waals surface area contributed by atoms with Crippen LogP contribution < -0.4 is 5.56 Å². The maximum Gasteiger partial charge on any atom is 0.289 e. The molecule has 0 atom stereocenters. The van der Waals surface area contributed by atoms with Crippen molar-refractivity contribution in [3.8, 4) is 17.3 Å². The third-order valence-corrected chi connectivity index (χ3v) is 4.62. The topological polar surface area (TPSA) is 58.1 Å². The van der Waals surface area contributed by atoms with Gasteiger partial charge in [-0.2, -0.15) is 15.0 Å². The minimum absolute atomic E-state index is 0.0607. The van der Waals surface area contributed by atoms with E-state index < -0.39 is 5.56 Å². The van der Waals surface area contributed by atoms with E-state index in [2.05, 4.69) is 5.10 Å². The average Bonchev–Trinajstić information content (AvgIpc) is 2.73. The number of nitrogens with zero attached hydrogens (tertiary/aromatic N) is 3. The zero-order valence-electron chi connectivity index (χ0n) is 15.3. The number of nitriles is 1. The molecule has 1 heterocycles. The quantitative estimate of drug-likeness (QED) is 0.494. The molecule has 0 aliphatic rings. The van der Waals surface area contributed by atoms with Gasteiger partial charge in [0.2, 0.25) is 0 Å². The van der Waals surface area contributed by atoms with Crippen molar-refractivity contribution in [1.82, 2.24) is 4.68 Å². The van der Waals surface area contributed by atoms with Gasteiger partial charge in [-0.05, 0) is 41.5 Å². The summed E-state index contributed by atoms with van der Waals surface area (Å²) in [6.07, 6.45) is 1.63. The summed E-state index contributed by atoms with van der Waals surface area (Å²) in [5.41, 5.74) is 3.16. The first-order valence-electron chi connectivity index (χ1n) is 8.92. The summed E-state index contributed by atoms with van der Waals surface area (Å²) in [7, 11) is 0. The lowest BCUT2D eigenvalue weighted by Crippen LogP contribution is -2.20. The van der Waals surface area contributed by atoms with Crippen molar-refractivity contribution < 1.29 is 0 Å². The summed E-state index contributed by atoms with van der Waals surface area (Å²) in [5, 5.41) is 15.8. The Balaban J connectivity index is 1.87. The molecule has 0 saturated heterocycles. The molecule has 0 radical (unpaired) electrons. The van der Waals surface area contributed by atoms with Crippen molar-refractivity contribution in [3.63, 3.8) is 0 Å². The molecule has 4 aromatic rings. The molecule has 0 saturated carbocycles. The summed E-state index contributed by atoms with van der Waals surface area (Å²) < 4.78 is 1.29. The molecule has 0 bridgehead atoms. The van der Waals surface area contributed by atoms with Crippen LogP contribution in [-0.4, -0.2) is 10.9 Å². The average molecular weight is 363 g/mol. The largest absolute Gasteiger partial charge is 0.289 e. The summed E-state index contributed by atoms with van der Waals surface area (Å²) >= 11 is 0. The van der Waals surface area contributed by atoms with E-state index in [4.69, 9.17) is 0 Å². The summed E-state index contributed by atoms with van der Waals surface area (Å²) in [6.45, 7) is 2.01. The van der Waals surface area contributed by atoms with Gasteiger partial charge < -0.3 is 0 Å². The number of aryl methyl sites for hydroxylation is 1. The van der Waals surface area contributed by atoms with E-state index >= 15 is 0 Å². The highest BCUT2D eigenvalue weighted by atomic mass is 16.1. The number of pyridine rings is 1. The van der Waals surface area contributed by atoms with E-state index in [0.717, 1.165) is 27.5 Å². The number of fused-ring (bicyclic) bond motifs is 1. The maximum atomic E-state index is 12.8. The molecule has 134 valence electrons. The Morgan fingerprint density at radius 1 is 0.929 bits per heavy atom. The van der Waals surface area contributed by atoms with Gasteiger partial charge >= 0.3 is 0 Å². The minimum Gasteiger partial charge on any atom is -0.266 e. The van der Waals surface area contributed by atoms with E-state index in [-0.39, 0.29) is 5.56 Å². The minimum atomic E-state index is -0.434. The molecular weight excluding hydrogens is 346 g/mol. The summed E-state index contributed by atoms with van der Waals surface area (Å²) in [4.78, 5) is 12.8. The van der Waals surface area contributed by atoms with Crippen molar-refractivity contribution in [2.24, 2.45) is 5.10 Å². The van der Waals surface area contributed by atoms with E-state index in [0.29, 0.717) is 5.69 Å². The van der Waals surface area contributed by atoms with Crippen molar-refractivity contribution in [2.75, 3.05) is 0 Å². The van der Waals surface area contributed by atoms with Crippen LogP contribution in [0.15, 0.2) is 88.8 Å². The van der Waals surface area contributed by atoms with E-state index in [1.807, 2.05) is 79.7 Å². The van der Waals surface area contributed by atoms with E-state index in [1.54, 1.807) is 18.3 Å². The Morgan fingerprint density at radius 3 is 2.43 bits per heavy atom. The van der Waals surface area contributed by atoms with Gasteiger partial charge in [0, 0.05) is 5.56 Å². The van der Waals surface area contributed by atoms with Crippen molar-refractivity contribution >= 4 is 17.0 Å². The number of aromatic nitrogens is 1. The first kappa shape index (κ1) is 17.4. The smallest absolute Gasteiger partial charge is 0.266 e. The molecule has 4 rings (SSSR count). The zero-order chi connectivity index (χ0) is 19.5.